The van der Waals surface area contributed by atoms with Gasteiger partial charge in [-0.2, -0.15) is 0 Å². The van der Waals surface area contributed by atoms with Crippen LogP contribution in [0.15, 0.2) is 15.8 Å². The highest BCUT2D eigenvalue weighted by Gasteiger charge is 2.52. The van der Waals surface area contributed by atoms with Gasteiger partial charge in [0.15, 0.2) is 6.10 Å². The van der Waals surface area contributed by atoms with Crippen molar-refractivity contribution >= 4 is 5.97 Å². The first-order valence-electron chi connectivity index (χ1n) is 8.86. The maximum absolute atomic E-state index is 12.0. The van der Waals surface area contributed by atoms with Crippen LogP contribution in [0, 0.1) is 6.92 Å². The molecule has 0 saturated carbocycles. The molecule has 0 aromatic carbocycles. The Morgan fingerprint density at radius 2 is 1.86 bits per heavy atom. The van der Waals surface area contributed by atoms with E-state index < -0.39 is 72.2 Å². The third-order valence-corrected chi connectivity index (χ3v) is 5.23. The summed E-state index contributed by atoms with van der Waals surface area (Å²) >= 11 is 0. The second-order valence-corrected chi connectivity index (χ2v) is 7.26. The summed E-state index contributed by atoms with van der Waals surface area (Å²) in [6.07, 6.45) is -11.6. The van der Waals surface area contributed by atoms with E-state index in [9.17, 15) is 34.8 Å². The van der Waals surface area contributed by atoms with Crippen LogP contribution in [0.3, 0.4) is 0 Å². The monoisotopic (exact) mass is 417 g/mol. The molecule has 0 spiro atoms. The van der Waals surface area contributed by atoms with E-state index in [4.69, 9.17) is 20.3 Å². The van der Waals surface area contributed by atoms with Crippen LogP contribution in [0.5, 0.6) is 0 Å². The first-order valence-corrected chi connectivity index (χ1v) is 8.86. The fourth-order valence-corrected chi connectivity index (χ4v) is 3.60. The Morgan fingerprint density at radius 1 is 1.21 bits per heavy atom. The van der Waals surface area contributed by atoms with Gasteiger partial charge in [0.05, 0.1) is 0 Å². The second-order valence-electron chi connectivity index (χ2n) is 7.26. The first kappa shape index (κ1) is 21.6. The zero-order valence-corrected chi connectivity index (χ0v) is 15.3. The van der Waals surface area contributed by atoms with Crippen molar-refractivity contribution in [3.63, 3.8) is 0 Å². The van der Waals surface area contributed by atoms with Gasteiger partial charge in [-0.25, -0.2) is 9.59 Å². The molecule has 13 heteroatoms. The van der Waals surface area contributed by atoms with Crippen molar-refractivity contribution in [3.05, 3.63) is 32.6 Å². The van der Waals surface area contributed by atoms with Crippen molar-refractivity contribution in [1.82, 2.24) is 9.55 Å². The summed E-state index contributed by atoms with van der Waals surface area (Å²) < 4.78 is 11.8. The van der Waals surface area contributed by atoms with E-state index in [0.29, 0.717) is 0 Å². The molecule has 2 aliphatic rings. The fraction of sp³-hybridized carbons (Fsp3) is 0.688. The summed E-state index contributed by atoms with van der Waals surface area (Å²) in [5.74, 6) is -1.59. The molecule has 9 atom stereocenters. The zero-order valence-electron chi connectivity index (χ0n) is 15.3. The van der Waals surface area contributed by atoms with Crippen molar-refractivity contribution < 1.29 is 39.8 Å². The Balaban J connectivity index is 1.82. The number of carboxylic acids is 1. The summed E-state index contributed by atoms with van der Waals surface area (Å²) in [7, 11) is 0. The standard InChI is InChI=1S/C16H23N3O10/c1-4-3-19(16(27)18-14(4)24)6-2-5(17)11(28-6)10(23)12-8(21)7(20)9(22)13(29-12)15(25)26/h3,5-13,20-23H,2,17H2,1H3,(H,25,26)(H,18,24,27)/t5-,6+,7+,8+,9-,10?,11-,12+,13-/m0/s1. The number of aromatic amines is 1. The van der Waals surface area contributed by atoms with Crippen LogP contribution in [0.1, 0.15) is 18.2 Å². The number of nitrogens with one attached hydrogen (secondary N) is 1. The normalized spacial score (nSPS) is 38.7. The van der Waals surface area contributed by atoms with E-state index >= 15 is 0 Å². The number of ether oxygens (including phenoxy) is 2. The average molecular weight is 417 g/mol. The number of aliphatic hydroxyl groups excluding tert-OH is 4. The minimum absolute atomic E-state index is 0.0590. The molecule has 0 radical (unpaired) electrons. The highest BCUT2D eigenvalue weighted by molar-refractivity contribution is 5.73. The zero-order chi connectivity index (χ0) is 21.6. The van der Waals surface area contributed by atoms with E-state index in [0.717, 1.165) is 4.57 Å². The summed E-state index contributed by atoms with van der Waals surface area (Å²) in [6, 6.07) is -0.850. The lowest BCUT2D eigenvalue weighted by molar-refractivity contribution is -0.255. The molecule has 0 bridgehead atoms. The molecule has 2 fully saturated rings. The van der Waals surface area contributed by atoms with Crippen molar-refractivity contribution in [2.24, 2.45) is 5.73 Å². The summed E-state index contributed by atoms with van der Waals surface area (Å²) in [4.78, 5) is 36.9. The van der Waals surface area contributed by atoms with Crippen LogP contribution < -0.4 is 17.0 Å². The van der Waals surface area contributed by atoms with Gasteiger partial charge in [-0.15, -0.1) is 0 Å². The van der Waals surface area contributed by atoms with Crippen molar-refractivity contribution in [1.29, 1.82) is 0 Å². The molecule has 0 aliphatic carbocycles. The molecule has 13 nitrogen and oxygen atoms in total. The number of aromatic nitrogens is 2. The molecule has 2 aliphatic heterocycles. The van der Waals surface area contributed by atoms with Crippen molar-refractivity contribution in [3.8, 4) is 0 Å². The van der Waals surface area contributed by atoms with E-state index in [2.05, 4.69) is 4.98 Å². The third-order valence-electron chi connectivity index (χ3n) is 5.23. The number of aliphatic carboxylic acids is 1. The number of H-pyrrole nitrogens is 1. The molecule has 1 aromatic rings. The Bertz CT molecular complexity index is 884. The minimum Gasteiger partial charge on any atom is -0.479 e. The average Bonchev–Trinajstić information content (AvgIpc) is 3.03. The molecule has 3 rings (SSSR count). The van der Waals surface area contributed by atoms with Gasteiger partial charge < -0.3 is 40.7 Å². The van der Waals surface area contributed by atoms with Crippen LogP contribution >= 0.6 is 0 Å². The molecule has 1 aromatic heterocycles. The molecule has 29 heavy (non-hydrogen) atoms. The molecule has 1 unspecified atom stereocenters. The lowest BCUT2D eigenvalue weighted by atomic mass is 9.89. The van der Waals surface area contributed by atoms with E-state index in [-0.39, 0.29) is 12.0 Å². The molecular formula is C16H23N3O10. The van der Waals surface area contributed by atoms with Gasteiger partial charge in [-0.3, -0.25) is 14.3 Å². The van der Waals surface area contributed by atoms with Gasteiger partial charge in [-0.1, -0.05) is 0 Å². The van der Waals surface area contributed by atoms with Crippen LogP contribution in [-0.2, 0) is 14.3 Å². The quantitative estimate of drug-likeness (QED) is 0.249. The number of rotatable bonds is 4. The highest BCUT2D eigenvalue weighted by atomic mass is 16.6. The minimum atomic E-state index is -1.90. The first-order chi connectivity index (χ1) is 13.5. The number of hydrogen-bond acceptors (Lipinski definition) is 10. The van der Waals surface area contributed by atoms with Crippen LogP contribution in [0.25, 0.3) is 0 Å². The van der Waals surface area contributed by atoms with Gasteiger partial charge in [0.1, 0.15) is 42.9 Å². The van der Waals surface area contributed by atoms with Crippen molar-refractivity contribution in [2.45, 2.75) is 68.3 Å². The summed E-state index contributed by atoms with van der Waals surface area (Å²) in [6.45, 7) is 1.49. The number of nitrogens with two attached hydrogens (primary N) is 1. The van der Waals surface area contributed by atoms with Crippen LogP contribution in [0.2, 0.25) is 0 Å². The molecule has 2 saturated heterocycles. The largest absolute Gasteiger partial charge is 0.479 e. The van der Waals surface area contributed by atoms with Crippen LogP contribution in [-0.4, -0.2) is 89.8 Å². The van der Waals surface area contributed by atoms with Gasteiger partial charge >= 0.3 is 11.7 Å². The van der Waals surface area contributed by atoms with Crippen LogP contribution in [0.4, 0.5) is 0 Å². The number of nitrogens with zero attached hydrogens (tertiary/aromatic N) is 1. The molecule has 3 heterocycles. The van der Waals surface area contributed by atoms with Gasteiger partial charge in [0, 0.05) is 24.2 Å². The second kappa shape index (κ2) is 7.95. The SMILES string of the molecule is Cc1cn([C@H]2C[C@H](N)[C@@H](C(O)[C@@H]3O[C@H](C(=O)O)[C@@H](O)[C@H](O)[C@H]3O)O2)c(=O)[nH]c1=O. The lowest BCUT2D eigenvalue weighted by Crippen LogP contribution is -2.64. The van der Waals surface area contributed by atoms with E-state index in [1.165, 1.54) is 13.1 Å². The van der Waals surface area contributed by atoms with Gasteiger partial charge in [0.2, 0.25) is 0 Å². The third kappa shape index (κ3) is 3.85. The summed E-state index contributed by atoms with van der Waals surface area (Å²) in [5.41, 5.74) is 4.94. The van der Waals surface area contributed by atoms with Crippen molar-refractivity contribution in [2.75, 3.05) is 0 Å². The predicted molar refractivity (Wildman–Crippen MR) is 92.9 cm³/mol. The number of carbonyl (C=O) groups is 1. The smallest absolute Gasteiger partial charge is 0.335 e. The Morgan fingerprint density at radius 3 is 2.48 bits per heavy atom. The van der Waals surface area contributed by atoms with Gasteiger partial charge in [0.25, 0.3) is 5.56 Å². The van der Waals surface area contributed by atoms with E-state index in [1.807, 2.05) is 0 Å². The number of aryl methyl sites for hydroxylation is 1. The maximum Gasteiger partial charge on any atom is 0.335 e. The Kier molecular flexibility index (Phi) is 5.91. The number of hydrogen-bond donors (Lipinski definition) is 7. The number of aliphatic hydroxyl groups is 4. The molecule has 8 N–H and O–H groups in total. The maximum atomic E-state index is 12.0. The van der Waals surface area contributed by atoms with Gasteiger partial charge in [-0.05, 0) is 6.92 Å². The summed E-state index contributed by atoms with van der Waals surface area (Å²) in [5, 5.41) is 49.5. The number of carboxylic acid groups (broad SMARTS) is 1. The predicted octanol–water partition coefficient (Wildman–Crippen LogP) is -4.24. The van der Waals surface area contributed by atoms with E-state index in [1.54, 1.807) is 0 Å². The molecule has 162 valence electrons. The fourth-order valence-electron chi connectivity index (χ4n) is 3.60. The Labute approximate surface area is 162 Å². The molecular weight excluding hydrogens is 394 g/mol. The Hall–Kier alpha value is -2.13. The molecule has 0 amide bonds. The highest BCUT2D eigenvalue weighted by Crippen LogP contribution is 2.33. The topological polar surface area (TPSA) is 218 Å². The lowest BCUT2D eigenvalue weighted by Gasteiger charge is -2.42.